The van der Waals surface area contributed by atoms with E-state index < -0.39 is 0 Å². The molecule has 1 heterocycles. The highest BCUT2D eigenvalue weighted by molar-refractivity contribution is 7.08. The van der Waals surface area contributed by atoms with Crippen LogP contribution in [-0.4, -0.2) is 25.0 Å². The van der Waals surface area contributed by atoms with Gasteiger partial charge in [-0.2, -0.15) is 11.3 Å². The molecule has 1 aromatic rings. The van der Waals surface area contributed by atoms with Crippen LogP contribution >= 0.6 is 11.3 Å². The zero-order chi connectivity index (χ0) is 9.68. The Morgan fingerprint density at radius 3 is 2.92 bits per heavy atom. The minimum atomic E-state index is -0.115. The van der Waals surface area contributed by atoms with Gasteiger partial charge >= 0.3 is 0 Å². The van der Waals surface area contributed by atoms with Crippen molar-refractivity contribution in [2.45, 2.75) is 0 Å². The first-order valence-electron chi connectivity index (χ1n) is 3.86. The van der Waals surface area contributed by atoms with E-state index in [2.05, 4.69) is 5.43 Å². The number of carbonyl (C=O) groups excluding carboxylic acids is 1. The Morgan fingerprint density at radius 1 is 1.62 bits per heavy atom. The first-order chi connectivity index (χ1) is 6.18. The maximum atomic E-state index is 11.1. The third kappa shape index (κ3) is 3.87. The summed E-state index contributed by atoms with van der Waals surface area (Å²) in [5, 5.41) is 5.57. The van der Waals surface area contributed by atoms with Crippen molar-refractivity contribution in [2.24, 2.45) is 0 Å². The summed E-state index contributed by atoms with van der Waals surface area (Å²) < 4.78 is 0. The van der Waals surface area contributed by atoms with Crippen LogP contribution < -0.4 is 5.43 Å². The zero-order valence-electron chi connectivity index (χ0n) is 7.65. The van der Waals surface area contributed by atoms with E-state index in [1.54, 1.807) is 36.5 Å². The predicted octanol–water partition coefficient (Wildman–Crippen LogP) is 1.35. The van der Waals surface area contributed by atoms with Crippen molar-refractivity contribution < 1.29 is 4.79 Å². The number of amides is 1. The van der Waals surface area contributed by atoms with Crippen LogP contribution in [0.4, 0.5) is 0 Å². The number of hydrogen-bond acceptors (Lipinski definition) is 3. The topological polar surface area (TPSA) is 32.3 Å². The average Bonchev–Trinajstić information content (AvgIpc) is 2.51. The fourth-order valence-corrected chi connectivity index (χ4v) is 1.43. The Kier molecular flexibility index (Phi) is 3.67. The van der Waals surface area contributed by atoms with E-state index in [9.17, 15) is 4.79 Å². The fraction of sp³-hybridized carbons (Fsp3) is 0.222. The molecule has 0 aliphatic rings. The normalized spacial score (nSPS) is 11.0. The molecule has 1 aromatic heterocycles. The molecule has 1 rings (SSSR count). The molecule has 0 saturated carbocycles. The molecule has 3 nitrogen and oxygen atoms in total. The second-order valence-corrected chi connectivity index (χ2v) is 3.54. The molecule has 0 aliphatic heterocycles. The summed E-state index contributed by atoms with van der Waals surface area (Å²) in [7, 11) is 3.55. The van der Waals surface area contributed by atoms with Crippen molar-refractivity contribution in [2.75, 3.05) is 14.1 Å². The highest BCUT2D eigenvalue weighted by Gasteiger charge is 1.94. The molecule has 0 radical (unpaired) electrons. The summed E-state index contributed by atoms with van der Waals surface area (Å²) in [6, 6.07) is 1.96. The van der Waals surface area contributed by atoms with Crippen LogP contribution in [0.5, 0.6) is 0 Å². The lowest BCUT2D eigenvalue weighted by Gasteiger charge is -2.08. The summed E-state index contributed by atoms with van der Waals surface area (Å²) in [6.45, 7) is 0. The second-order valence-electron chi connectivity index (χ2n) is 2.76. The van der Waals surface area contributed by atoms with Gasteiger partial charge in [-0.05, 0) is 28.5 Å². The minimum Gasteiger partial charge on any atom is -0.286 e. The number of nitrogens with one attached hydrogen (secondary N) is 1. The maximum Gasteiger partial charge on any atom is 0.258 e. The molecule has 70 valence electrons. The first-order valence-corrected chi connectivity index (χ1v) is 4.81. The Bertz CT molecular complexity index is 291. The van der Waals surface area contributed by atoms with E-state index in [-0.39, 0.29) is 5.91 Å². The monoisotopic (exact) mass is 196 g/mol. The standard InChI is InChI=1S/C9H12N2OS/c1-11(2)10-9(12)4-3-8-5-6-13-7-8/h3-7H,1-2H3,(H,10,12)/b4-3+. The van der Waals surface area contributed by atoms with Crippen LogP contribution in [0.15, 0.2) is 22.9 Å². The molecule has 1 amide bonds. The van der Waals surface area contributed by atoms with Crippen molar-refractivity contribution in [3.8, 4) is 0 Å². The molecule has 1 N–H and O–H groups in total. The van der Waals surface area contributed by atoms with Gasteiger partial charge in [0.2, 0.25) is 0 Å². The van der Waals surface area contributed by atoms with E-state index in [4.69, 9.17) is 0 Å². The lowest BCUT2D eigenvalue weighted by Crippen LogP contribution is -2.34. The Hall–Kier alpha value is -1.13. The molecule has 0 aromatic carbocycles. The number of nitrogens with zero attached hydrogens (tertiary/aromatic N) is 1. The van der Waals surface area contributed by atoms with E-state index in [0.717, 1.165) is 5.56 Å². The van der Waals surface area contributed by atoms with Gasteiger partial charge in [-0.25, -0.2) is 5.01 Å². The highest BCUT2D eigenvalue weighted by Crippen LogP contribution is 2.07. The van der Waals surface area contributed by atoms with Crippen molar-refractivity contribution in [3.05, 3.63) is 28.5 Å². The van der Waals surface area contributed by atoms with Gasteiger partial charge in [0, 0.05) is 20.2 Å². The summed E-state index contributed by atoms with van der Waals surface area (Å²) >= 11 is 1.61. The third-order valence-corrected chi connectivity index (χ3v) is 2.01. The molecule has 4 heteroatoms. The minimum absolute atomic E-state index is 0.115. The van der Waals surface area contributed by atoms with Crippen molar-refractivity contribution in [3.63, 3.8) is 0 Å². The fourth-order valence-electron chi connectivity index (χ4n) is 0.799. The lowest BCUT2D eigenvalue weighted by atomic mass is 10.3. The summed E-state index contributed by atoms with van der Waals surface area (Å²) in [6.07, 6.45) is 3.30. The molecule has 0 atom stereocenters. The second kappa shape index (κ2) is 4.79. The van der Waals surface area contributed by atoms with Crippen molar-refractivity contribution >= 4 is 23.3 Å². The van der Waals surface area contributed by atoms with Crippen molar-refractivity contribution in [1.82, 2.24) is 10.4 Å². The molecule has 0 fully saturated rings. The summed E-state index contributed by atoms with van der Waals surface area (Å²) in [5.41, 5.74) is 3.67. The molecule has 0 saturated heterocycles. The van der Waals surface area contributed by atoms with Crippen molar-refractivity contribution in [1.29, 1.82) is 0 Å². The Labute approximate surface area is 81.6 Å². The summed E-state index contributed by atoms with van der Waals surface area (Å²) in [5.74, 6) is -0.115. The van der Waals surface area contributed by atoms with Gasteiger partial charge in [0.25, 0.3) is 5.91 Å². The largest absolute Gasteiger partial charge is 0.286 e. The van der Waals surface area contributed by atoms with E-state index in [0.29, 0.717) is 0 Å². The number of carbonyl (C=O) groups is 1. The van der Waals surface area contributed by atoms with Gasteiger partial charge in [0.1, 0.15) is 0 Å². The predicted molar refractivity (Wildman–Crippen MR) is 55.2 cm³/mol. The van der Waals surface area contributed by atoms with Gasteiger partial charge < -0.3 is 0 Å². The quantitative estimate of drug-likeness (QED) is 0.584. The van der Waals surface area contributed by atoms with Crippen LogP contribution in [0, 0.1) is 0 Å². The Balaban J connectivity index is 2.44. The number of thiophene rings is 1. The van der Waals surface area contributed by atoms with Gasteiger partial charge in [0.15, 0.2) is 0 Å². The third-order valence-electron chi connectivity index (χ3n) is 1.30. The van der Waals surface area contributed by atoms with Gasteiger partial charge in [-0.15, -0.1) is 0 Å². The van der Waals surface area contributed by atoms with Gasteiger partial charge in [0.05, 0.1) is 0 Å². The summed E-state index contributed by atoms with van der Waals surface area (Å²) in [4.78, 5) is 11.1. The van der Waals surface area contributed by atoms with Crippen LogP contribution in [0.25, 0.3) is 6.08 Å². The molecule has 0 spiro atoms. The number of hydrogen-bond donors (Lipinski definition) is 1. The molecular formula is C9H12N2OS. The van der Waals surface area contributed by atoms with Crippen LogP contribution in [0.3, 0.4) is 0 Å². The van der Waals surface area contributed by atoms with Crippen LogP contribution in [-0.2, 0) is 4.79 Å². The molecule has 0 bridgehead atoms. The van der Waals surface area contributed by atoms with E-state index in [1.807, 2.05) is 16.8 Å². The van der Waals surface area contributed by atoms with Crippen LogP contribution in [0.1, 0.15) is 5.56 Å². The molecular weight excluding hydrogens is 184 g/mol. The van der Waals surface area contributed by atoms with E-state index >= 15 is 0 Å². The maximum absolute atomic E-state index is 11.1. The van der Waals surface area contributed by atoms with E-state index in [1.165, 1.54) is 6.08 Å². The smallest absolute Gasteiger partial charge is 0.258 e. The number of rotatable bonds is 3. The zero-order valence-corrected chi connectivity index (χ0v) is 8.47. The van der Waals surface area contributed by atoms with Gasteiger partial charge in [-0.3, -0.25) is 10.2 Å². The highest BCUT2D eigenvalue weighted by atomic mass is 32.1. The SMILES string of the molecule is CN(C)NC(=O)/C=C/c1ccsc1. The molecule has 13 heavy (non-hydrogen) atoms. The molecule has 0 aliphatic carbocycles. The Morgan fingerprint density at radius 2 is 2.38 bits per heavy atom. The van der Waals surface area contributed by atoms with Gasteiger partial charge in [-0.1, -0.05) is 0 Å². The van der Waals surface area contributed by atoms with Crippen LogP contribution in [0.2, 0.25) is 0 Å². The first kappa shape index (κ1) is 9.95. The average molecular weight is 196 g/mol. The molecule has 0 unspecified atom stereocenters. The number of hydrazine groups is 1. The lowest BCUT2D eigenvalue weighted by molar-refractivity contribution is -0.119.